The molecule has 5 atom stereocenters. The van der Waals surface area contributed by atoms with E-state index in [9.17, 15) is 19.4 Å². The lowest BCUT2D eigenvalue weighted by molar-refractivity contribution is -0.254. The smallest absolute Gasteiger partial charge is 0.228 e. The largest absolute Gasteiger partial charge is 0.462 e. The van der Waals surface area contributed by atoms with Crippen molar-refractivity contribution < 1.29 is 28.9 Å². The molecule has 1 amide bonds. The van der Waals surface area contributed by atoms with Gasteiger partial charge in [-0.2, -0.15) is 0 Å². The molecule has 0 aliphatic carbocycles. The van der Waals surface area contributed by atoms with Crippen LogP contribution in [-0.2, 0) is 16.0 Å². The molecule has 0 saturated carbocycles. The van der Waals surface area contributed by atoms with Gasteiger partial charge in [0.05, 0.1) is 12.2 Å². The van der Waals surface area contributed by atoms with Gasteiger partial charge in [0.25, 0.3) is 0 Å². The summed E-state index contributed by atoms with van der Waals surface area (Å²) in [5.74, 6) is -0.350. The highest BCUT2D eigenvalue weighted by atomic mass is 19.1. The summed E-state index contributed by atoms with van der Waals surface area (Å²) in [7, 11) is 0. The number of benzene rings is 2. The third-order valence-electron chi connectivity index (χ3n) is 5.70. The second-order valence-electron chi connectivity index (χ2n) is 8.09. The summed E-state index contributed by atoms with van der Waals surface area (Å²) in [6, 6.07) is 11.5. The Morgan fingerprint density at radius 3 is 2.72 bits per heavy atom. The molecule has 32 heavy (non-hydrogen) atoms. The van der Waals surface area contributed by atoms with Crippen LogP contribution in [0.3, 0.4) is 0 Å². The molecule has 0 aromatic heterocycles. The van der Waals surface area contributed by atoms with Crippen molar-refractivity contribution in [1.29, 1.82) is 0 Å². The summed E-state index contributed by atoms with van der Waals surface area (Å²) in [5, 5.41) is 23.7. The molecule has 0 radical (unpaired) electrons. The van der Waals surface area contributed by atoms with Crippen LogP contribution in [0.2, 0.25) is 0 Å². The molecule has 2 aromatic rings. The highest BCUT2D eigenvalue weighted by Gasteiger charge is 2.42. The lowest BCUT2D eigenvalue weighted by atomic mass is 9.89. The molecule has 1 heterocycles. The number of carbonyl (C=O) groups is 1. The molecule has 3 rings (SSSR count). The fourth-order valence-corrected chi connectivity index (χ4v) is 3.88. The van der Waals surface area contributed by atoms with Crippen molar-refractivity contribution in [3.05, 3.63) is 66.5 Å². The number of ether oxygens (including phenoxy) is 2. The number of carbonyl (C=O) groups excluding carboxylic acids is 1. The second kappa shape index (κ2) is 10.7. The Morgan fingerprint density at radius 1 is 1.25 bits per heavy atom. The van der Waals surface area contributed by atoms with Crippen LogP contribution < -0.4 is 10.1 Å². The fraction of sp³-hybridized carbons (Fsp3) is 0.400. The minimum atomic E-state index is -1.22. The Kier molecular flexibility index (Phi) is 8.01. The molecule has 1 aliphatic rings. The highest BCUT2D eigenvalue weighted by Crippen LogP contribution is 2.33. The lowest BCUT2D eigenvalue weighted by Gasteiger charge is -2.41. The first-order chi connectivity index (χ1) is 15.3. The molecule has 0 unspecified atom stereocenters. The van der Waals surface area contributed by atoms with E-state index in [1.165, 1.54) is 19.1 Å². The van der Waals surface area contributed by atoms with Gasteiger partial charge in [-0.1, -0.05) is 31.2 Å². The monoisotopic (exact) mass is 443 g/mol. The van der Waals surface area contributed by atoms with Crippen LogP contribution in [0.25, 0.3) is 11.1 Å². The molecule has 172 valence electrons. The van der Waals surface area contributed by atoms with Gasteiger partial charge in [0.1, 0.15) is 17.7 Å². The topological polar surface area (TPSA) is 88.0 Å². The molecule has 1 fully saturated rings. The molecule has 3 N–H and O–H groups in total. The van der Waals surface area contributed by atoms with E-state index in [0.717, 1.165) is 11.1 Å². The zero-order valence-electron chi connectivity index (χ0n) is 18.3. The van der Waals surface area contributed by atoms with Crippen molar-refractivity contribution in [2.24, 2.45) is 5.92 Å². The van der Waals surface area contributed by atoms with E-state index in [-0.39, 0.29) is 23.7 Å². The number of amides is 1. The van der Waals surface area contributed by atoms with Crippen LogP contribution in [0, 0.1) is 11.7 Å². The Balaban J connectivity index is 1.87. The van der Waals surface area contributed by atoms with Crippen LogP contribution in [0.5, 0.6) is 5.75 Å². The molecule has 2 aromatic carbocycles. The van der Waals surface area contributed by atoms with Gasteiger partial charge in [-0.15, -0.1) is 6.58 Å². The lowest BCUT2D eigenvalue weighted by Crippen LogP contribution is -2.55. The van der Waals surface area contributed by atoms with E-state index in [2.05, 4.69) is 11.9 Å². The van der Waals surface area contributed by atoms with E-state index in [1.807, 2.05) is 13.0 Å². The van der Waals surface area contributed by atoms with Gasteiger partial charge in [0, 0.05) is 19.4 Å². The normalized spacial score (nSPS) is 25.2. The van der Waals surface area contributed by atoms with Crippen LogP contribution in [0.15, 0.2) is 55.1 Å². The van der Waals surface area contributed by atoms with Crippen molar-refractivity contribution in [3.63, 3.8) is 0 Å². The second-order valence-corrected chi connectivity index (χ2v) is 8.09. The van der Waals surface area contributed by atoms with Crippen molar-refractivity contribution in [2.75, 3.05) is 6.54 Å². The minimum Gasteiger partial charge on any atom is -0.462 e. The SMILES string of the molecule is C=CC[C@H]1O[C@@H](Oc2ccc(CCNC(C)=O)c(-c3cccc(F)c3)c2)[C@H](O)[C@H](O)[C@H]1C. The first kappa shape index (κ1) is 23.9. The van der Waals surface area contributed by atoms with Crippen molar-refractivity contribution in [1.82, 2.24) is 5.32 Å². The number of nitrogens with one attached hydrogen (secondary N) is 1. The quantitative estimate of drug-likeness (QED) is 0.546. The van der Waals surface area contributed by atoms with Gasteiger partial charge in [0.15, 0.2) is 0 Å². The Bertz CT molecular complexity index is 950. The number of halogens is 1. The predicted molar refractivity (Wildman–Crippen MR) is 120 cm³/mol. The first-order valence-corrected chi connectivity index (χ1v) is 10.7. The van der Waals surface area contributed by atoms with Gasteiger partial charge in [-0.3, -0.25) is 4.79 Å². The summed E-state index contributed by atoms with van der Waals surface area (Å²) in [5.41, 5.74) is 2.31. The number of aliphatic hydroxyl groups excluding tert-OH is 2. The number of aliphatic hydroxyl groups is 2. The van der Waals surface area contributed by atoms with Gasteiger partial charge in [0.2, 0.25) is 12.2 Å². The third-order valence-corrected chi connectivity index (χ3v) is 5.70. The predicted octanol–water partition coefficient (Wildman–Crippen LogP) is 3.21. The Morgan fingerprint density at radius 2 is 2.03 bits per heavy atom. The molecular weight excluding hydrogens is 413 g/mol. The average Bonchev–Trinajstić information content (AvgIpc) is 2.76. The third kappa shape index (κ3) is 5.73. The van der Waals surface area contributed by atoms with Crippen LogP contribution in [0.1, 0.15) is 25.8 Å². The zero-order valence-corrected chi connectivity index (χ0v) is 18.3. The van der Waals surface area contributed by atoms with E-state index < -0.39 is 18.5 Å². The Hall–Kier alpha value is -2.74. The van der Waals surface area contributed by atoms with Gasteiger partial charge in [-0.05, 0) is 53.8 Å². The van der Waals surface area contributed by atoms with E-state index in [1.54, 1.807) is 30.3 Å². The maximum absolute atomic E-state index is 13.9. The summed E-state index contributed by atoms with van der Waals surface area (Å²) >= 11 is 0. The first-order valence-electron chi connectivity index (χ1n) is 10.7. The maximum atomic E-state index is 13.9. The van der Waals surface area contributed by atoms with Gasteiger partial charge < -0.3 is 25.0 Å². The van der Waals surface area contributed by atoms with Gasteiger partial charge in [-0.25, -0.2) is 4.39 Å². The standard InChI is InChI=1S/C25H30FNO5/c1-4-6-22-15(2)23(29)24(30)25(32-22)31-20-10-9-17(11-12-27-16(3)28)21(14-20)18-7-5-8-19(26)13-18/h4-5,7-10,13-15,22-25,29-30H,1,6,11-12H2,2-3H3,(H,27,28)/t15-,22+,23+,24+,25+/m0/s1. The fourth-order valence-electron chi connectivity index (χ4n) is 3.88. The van der Waals surface area contributed by atoms with Crippen molar-refractivity contribution in [3.8, 4) is 16.9 Å². The number of hydrogen-bond donors (Lipinski definition) is 3. The molecule has 0 spiro atoms. The minimum absolute atomic E-state index is 0.123. The summed E-state index contributed by atoms with van der Waals surface area (Å²) in [6.07, 6.45) is -0.851. The molecular formula is C25H30FNO5. The number of rotatable bonds is 8. The molecule has 1 saturated heterocycles. The zero-order chi connectivity index (χ0) is 23.3. The highest BCUT2D eigenvalue weighted by molar-refractivity contribution is 5.73. The molecule has 7 heteroatoms. The van der Waals surface area contributed by atoms with Crippen molar-refractivity contribution in [2.45, 2.75) is 51.3 Å². The average molecular weight is 444 g/mol. The Labute approximate surface area is 187 Å². The maximum Gasteiger partial charge on any atom is 0.228 e. The van der Waals surface area contributed by atoms with Gasteiger partial charge >= 0.3 is 0 Å². The summed E-state index contributed by atoms with van der Waals surface area (Å²) in [4.78, 5) is 11.2. The van der Waals surface area contributed by atoms with Crippen molar-refractivity contribution >= 4 is 5.91 Å². The molecule has 0 bridgehead atoms. The van der Waals surface area contributed by atoms with E-state index >= 15 is 0 Å². The van der Waals surface area contributed by atoms with E-state index in [0.29, 0.717) is 30.7 Å². The molecule has 1 aliphatic heterocycles. The molecule has 6 nitrogen and oxygen atoms in total. The number of hydrogen-bond acceptors (Lipinski definition) is 5. The van der Waals surface area contributed by atoms with E-state index in [4.69, 9.17) is 9.47 Å². The van der Waals surface area contributed by atoms with Crippen LogP contribution in [0.4, 0.5) is 4.39 Å². The van der Waals surface area contributed by atoms with Crippen LogP contribution in [-0.4, -0.2) is 47.3 Å². The van der Waals surface area contributed by atoms with Crippen LogP contribution >= 0.6 is 0 Å². The summed E-state index contributed by atoms with van der Waals surface area (Å²) in [6.45, 7) is 7.42. The summed E-state index contributed by atoms with van der Waals surface area (Å²) < 4.78 is 25.7.